The molecule has 1 saturated carbocycles. The predicted octanol–water partition coefficient (Wildman–Crippen LogP) is 2.62. The molecule has 0 aromatic heterocycles. The summed E-state index contributed by atoms with van der Waals surface area (Å²) in [4.78, 5) is 12.7. The summed E-state index contributed by atoms with van der Waals surface area (Å²) in [5.41, 5.74) is 4.90. The van der Waals surface area contributed by atoms with Gasteiger partial charge in [0.1, 0.15) is 5.41 Å². The number of nitrogens with two attached hydrogens (primary N) is 1. The average Bonchev–Trinajstić information content (AvgIpc) is 2.49. The summed E-state index contributed by atoms with van der Waals surface area (Å²) in [7, 11) is 0. The second-order valence-corrected chi connectivity index (χ2v) is 5.81. The number of rotatable bonds is 6. The van der Waals surface area contributed by atoms with Crippen molar-refractivity contribution in [2.24, 2.45) is 22.2 Å². The predicted molar refractivity (Wildman–Crippen MR) is 80.6 cm³/mol. The Hall–Kier alpha value is -1.26. The number of hydrogen-bond donors (Lipinski definition) is 3. The maximum absolute atomic E-state index is 12.7. The van der Waals surface area contributed by atoms with E-state index in [1.54, 1.807) is 0 Å². The number of carbonyl (C=O) groups is 1. The van der Waals surface area contributed by atoms with E-state index in [4.69, 9.17) is 10.9 Å². The first kappa shape index (κ1) is 16.8. The molecule has 0 spiro atoms. The van der Waals surface area contributed by atoms with Crippen LogP contribution in [0.4, 0.5) is 0 Å². The molecule has 0 bridgehead atoms. The molecule has 20 heavy (non-hydrogen) atoms. The van der Waals surface area contributed by atoms with Gasteiger partial charge in [0, 0.05) is 6.04 Å². The third-order valence-electron chi connectivity index (χ3n) is 4.99. The molecule has 5 nitrogen and oxygen atoms in total. The molecule has 4 N–H and O–H groups in total. The van der Waals surface area contributed by atoms with Crippen molar-refractivity contribution in [3.63, 3.8) is 0 Å². The summed E-state index contributed by atoms with van der Waals surface area (Å²) in [5, 5.41) is 15.2. The van der Waals surface area contributed by atoms with Gasteiger partial charge in [0.05, 0.1) is 0 Å². The molecule has 1 aliphatic rings. The Kier molecular flexibility index (Phi) is 6.30. The molecule has 0 aliphatic heterocycles. The molecular weight excluding hydrogens is 254 g/mol. The van der Waals surface area contributed by atoms with Crippen LogP contribution in [0.3, 0.4) is 0 Å². The van der Waals surface area contributed by atoms with E-state index >= 15 is 0 Å². The third-order valence-corrected chi connectivity index (χ3v) is 4.99. The topological polar surface area (TPSA) is 87.7 Å². The zero-order valence-electron chi connectivity index (χ0n) is 13.0. The van der Waals surface area contributed by atoms with E-state index in [9.17, 15) is 4.79 Å². The van der Waals surface area contributed by atoms with Crippen molar-refractivity contribution in [2.45, 2.75) is 71.8 Å². The number of nitrogens with zero attached hydrogens (tertiary/aromatic N) is 1. The third kappa shape index (κ3) is 3.25. The number of nitrogens with one attached hydrogen (secondary N) is 1. The van der Waals surface area contributed by atoms with Crippen LogP contribution in [0.1, 0.15) is 65.7 Å². The highest BCUT2D eigenvalue weighted by atomic mass is 16.4. The molecular formula is C15H29N3O2. The Labute approximate surface area is 122 Å². The van der Waals surface area contributed by atoms with Gasteiger partial charge in [-0.05, 0) is 31.6 Å². The Morgan fingerprint density at radius 3 is 2.40 bits per heavy atom. The Balaban J connectivity index is 2.85. The van der Waals surface area contributed by atoms with Crippen LogP contribution in [-0.2, 0) is 4.79 Å². The maximum atomic E-state index is 12.7. The largest absolute Gasteiger partial charge is 0.409 e. The van der Waals surface area contributed by atoms with Crippen LogP contribution >= 0.6 is 0 Å². The Morgan fingerprint density at radius 1 is 1.30 bits per heavy atom. The van der Waals surface area contributed by atoms with Crippen LogP contribution < -0.4 is 11.1 Å². The van der Waals surface area contributed by atoms with Crippen molar-refractivity contribution in [1.82, 2.24) is 5.32 Å². The molecule has 1 aliphatic carbocycles. The van der Waals surface area contributed by atoms with Crippen LogP contribution in [-0.4, -0.2) is 23.0 Å². The van der Waals surface area contributed by atoms with E-state index < -0.39 is 5.41 Å². The van der Waals surface area contributed by atoms with E-state index in [-0.39, 0.29) is 17.8 Å². The van der Waals surface area contributed by atoms with Crippen LogP contribution in [0.25, 0.3) is 0 Å². The normalized spacial score (nSPS) is 24.4. The molecule has 0 heterocycles. The number of oxime groups is 1. The molecule has 116 valence electrons. The van der Waals surface area contributed by atoms with E-state index in [0.29, 0.717) is 18.8 Å². The molecule has 2 atom stereocenters. The van der Waals surface area contributed by atoms with Crippen molar-refractivity contribution in [3.8, 4) is 0 Å². The number of hydrogen-bond acceptors (Lipinski definition) is 3. The SMILES string of the molecule is CCC1CCCCC1NC(=O)C(CC)(CC)C(N)=NO. The van der Waals surface area contributed by atoms with Crippen LogP contribution in [0.15, 0.2) is 5.16 Å². The summed E-state index contributed by atoms with van der Waals surface area (Å²) in [6.07, 6.45) is 6.78. The van der Waals surface area contributed by atoms with Gasteiger partial charge in [-0.1, -0.05) is 45.2 Å². The summed E-state index contributed by atoms with van der Waals surface area (Å²) >= 11 is 0. The van der Waals surface area contributed by atoms with Gasteiger partial charge in [0.25, 0.3) is 0 Å². The highest BCUT2D eigenvalue weighted by molar-refractivity contribution is 6.06. The lowest BCUT2D eigenvalue weighted by Crippen LogP contribution is -2.53. The molecule has 0 radical (unpaired) electrons. The van der Waals surface area contributed by atoms with Crippen molar-refractivity contribution in [1.29, 1.82) is 0 Å². The quantitative estimate of drug-likeness (QED) is 0.303. The van der Waals surface area contributed by atoms with Crippen LogP contribution in [0, 0.1) is 11.3 Å². The Bertz CT molecular complexity index is 351. The fraction of sp³-hybridized carbons (Fsp3) is 0.867. The molecule has 0 aromatic carbocycles. The highest BCUT2D eigenvalue weighted by Gasteiger charge is 2.41. The first-order valence-corrected chi connectivity index (χ1v) is 7.84. The second-order valence-electron chi connectivity index (χ2n) is 5.81. The number of amides is 1. The van der Waals surface area contributed by atoms with E-state index in [1.165, 1.54) is 12.8 Å². The minimum absolute atomic E-state index is 0.0175. The highest BCUT2D eigenvalue weighted by Crippen LogP contribution is 2.31. The number of amidine groups is 1. The molecule has 1 rings (SSSR count). The van der Waals surface area contributed by atoms with Gasteiger partial charge in [0.15, 0.2) is 5.84 Å². The summed E-state index contributed by atoms with van der Waals surface area (Å²) in [6, 6.07) is 0.227. The first-order valence-electron chi connectivity index (χ1n) is 7.84. The monoisotopic (exact) mass is 283 g/mol. The average molecular weight is 283 g/mol. The summed E-state index contributed by atoms with van der Waals surface area (Å²) in [5.74, 6) is 0.471. The minimum Gasteiger partial charge on any atom is -0.409 e. The zero-order chi connectivity index (χ0) is 15.2. The lowest BCUT2D eigenvalue weighted by molar-refractivity contribution is -0.129. The molecule has 0 saturated heterocycles. The van der Waals surface area contributed by atoms with Gasteiger partial charge in [0.2, 0.25) is 5.91 Å². The Morgan fingerprint density at radius 2 is 1.90 bits per heavy atom. The van der Waals surface area contributed by atoms with Gasteiger partial charge < -0.3 is 16.3 Å². The summed E-state index contributed by atoms with van der Waals surface area (Å²) < 4.78 is 0. The van der Waals surface area contributed by atoms with E-state index in [0.717, 1.165) is 19.3 Å². The lowest BCUT2D eigenvalue weighted by atomic mass is 9.78. The van der Waals surface area contributed by atoms with Crippen LogP contribution in [0.5, 0.6) is 0 Å². The second kappa shape index (κ2) is 7.50. The van der Waals surface area contributed by atoms with Gasteiger partial charge >= 0.3 is 0 Å². The van der Waals surface area contributed by atoms with Gasteiger partial charge in [-0.25, -0.2) is 0 Å². The van der Waals surface area contributed by atoms with Crippen molar-refractivity contribution < 1.29 is 10.0 Å². The molecule has 1 amide bonds. The molecule has 5 heteroatoms. The molecule has 2 unspecified atom stereocenters. The van der Waals surface area contributed by atoms with Crippen molar-refractivity contribution in [2.75, 3.05) is 0 Å². The van der Waals surface area contributed by atoms with Crippen LogP contribution in [0.2, 0.25) is 0 Å². The van der Waals surface area contributed by atoms with Gasteiger partial charge in [-0.3, -0.25) is 4.79 Å². The van der Waals surface area contributed by atoms with Gasteiger partial charge in [-0.2, -0.15) is 0 Å². The zero-order valence-corrected chi connectivity index (χ0v) is 13.0. The standard InChI is InChI=1S/C15H29N3O2/c1-4-11-9-7-8-10-12(11)17-14(19)15(5-2,6-3)13(16)18-20/h11-12,20H,4-10H2,1-3H3,(H2,16,18)(H,17,19). The summed E-state index contributed by atoms with van der Waals surface area (Å²) in [6.45, 7) is 5.98. The fourth-order valence-corrected chi connectivity index (χ4v) is 3.34. The number of carbonyl (C=O) groups excluding carboxylic acids is 1. The smallest absolute Gasteiger partial charge is 0.234 e. The molecule has 1 fully saturated rings. The maximum Gasteiger partial charge on any atom is 0.234 e. The van der Waals surface area contributed by atoms with E-state index in [1.807, 2.05) is 13.8 Å². The van der Waals surface area contributed by atoms with Crippen molar-refractivity contribution >= 4 is 11.7 Å². The fourth-order valence-electron chi connectivity index (χ4n) is 3.34. The van der Waals surface area contributed by atoms with Gasteiger partial charge in [-0.15, -0.1) is 0 Å². The van der Waals surface area contributed by atoms with Crippen molar-refractivity contribution in [3.05, 3.63) is 0 Å². The molecule has 0 aromatic rings. The lowest BCUT2D eigenvalue weighted by Gasteiger charge is -2.36. The minimum atomic E-state index is -0.884. The first-order chi connectivity index (χ1) is 9.55. The van der Waals surface area contributed by atoms with E-state index in [2.05, 4.69) is 17.4 Å².